The van der Waals surface area contributed by atoms with Crippen molar-refractivity contribution in [3.63, 3.8) is 0 Å². The van der Waals surface area contributed by atoms with E-state index in [4.69, 9.17) is 5.11 Å². The number of carbonyl (C=O) groups is 2. The van der Waals surface area contributed by atoms with E-state index in [9.17, 15) is 14.7 Å². The van der Waals surface area contributed by atoms with Crippen molar-refractivity contribution < 1.29 is 19.8 Å². The first-order valence-corrected chi connectivity index (χ1v) is 8.93. The largest absolute Gasteiger partial charge is 0.481 e. The lowest BCUT2D eigenvalue weighted by molar-refractivity contribution is -0.151. The number of aliphatic carboxylic acids is 2. The van der Waals surface area contributed by atoms with Gasteiger partial charge in [0.2, 0.25) is 0 Å². The molecule has 0 heterocycles. The minimum atomic E-state index is -0.768. The predicted octanol–water partition coefficient (Wildman–Crippen LogP) is 5.25. The summed E-state index contributed by atoms with van der Waals surface area (Å²) in [5, 5.41) is 18.4. The molecule has 0 spiro atoms. The third-order valence-electron chi connectivity index (χ3n) is 4.52. The Morgan fingerprint density at radius 3 is 1.55 bits per heavy atom. The van der Waals surface area contributed by atoms with Crippen LogP contribution in [0.4, 0.5) is 0 Å². The summed E-state index contributed by atoms with van der Waals surface area (Å²) in [6, 6.07) is 0. The van der Waals surface area contributed by atoms with E-state index in [2.05, 4.69) is 13.8 Å². The number of hydrogen-bond acceptors (Lipinski definition) is 2. The van der Waals surface area contributed by atoms with Crippen molar-refractivity contribution in [1.82, 2.24) is 0 Å². The molecule has 2 N–H and O–H groups in total. The van der Waals surface area contributed by atoms with Gasteiger partial charge in [0.1, 0.15) is 0 Å². The van der Waals surface area contributed by atoms with Gasteiger partial charge in [-0.1, -0.05) is 65.2 Å². The number of rotatable bonds is 15. The molecular weight excluding hydrogens is 280 g/mol. The van der Waals surface area contributed by atoms with E-state index in [-0.39, 0.29) is 6.42 Å². The molecule has 0 saturated carbocycles. The van der Waals surface area contributed by atoms with E-state index in [0.29, 0.717) is 12.8 Å². The maximum Gasteiger partial charge on any atom is 0.309 e. The summed E-state index contributed by atoms with van der Waals surface area (Å²) in [7, 11) is 0. The summed E-state index contributed by atoms with van der Waals surface area (Å²) in [5.74, 6) is -1.42. The van der Waals surface area contributed by atoms with Gasteiger partial charge in [0.05, 0.1) is 5.41 Å². The monoisotopic (exact) mass is 314 g/mol. The van der Waals surface area contributed by atoms with Crippen molar-refractivity contribution in [3.05, 3.63) is 0 Å². The molecule has 0 rings (SSSR count). The maximum absolute atomic E-state index is 11.9. The number of unbranched alkanes of at least 4 members (excludes halogenated alkanes) is 6. The second-order valence-electron chi connectivity index (χ2n) is 6.45. The summed E-state index contributed by atoms with van der Waals surface area (Å²) in [6.45, 7) is 4.26. The van der Waals surface area contributed by atoms with Gasteiger partial charge >= 0.3 is 11.9 Å². The van der Waals surface area contributed by atoms with Gasteiger partial charge in [-0.15, -0.1) is 0 Å². The Morgan fingerprint density at radius 2 is 1.18 bits per heavy atom. The third-order valence-corrected chi connectivity index (χ3v) is 4.52. The van der Waals surface area contributed by atoms with Gasteiger partial charge in [0, 0.05) is 6.42 Å². The van der Waals surface area contributed by atoms with E-state index in [1.807, 2.05) is 0 Å². The smallest absolute Gasteiger partial charge is 0.309 e. The average Bonchev–Trinajstić information content (AvgIpc) is 2.46. The first-order valence-electron chi connectivity index (χ1n) is 8.93. The van der Waals surface area contributed by atoms with Crippen LogP contribution in [0, 0.1) is 5.41 Å². The van der Waals surface area contributed by atoms with Crippen LogP contribution in [0.3, 0.4) is 0 Å². The standard InChI is InChI=1S/C18H34O4/c1-3-5-9-13-18(17(21)22,14-10-6-4-2)15-11-7-8-12-16(19)20/h3-15H2,1-2H3,(H,19,20)(H,21,22). The van der Waals surface area contributed by atoms with Crippen LogP contribution in [0.15, 0.2) is 0 Å². The minimum Gasteiger partial charge on any atom is -0.481 e. The van der Waals surface area contributed by atoms with Crippen molar-refractivity contribution in [2.45, 2.75) is 97.3 Å². The van der Waals surface area contributed by atoms with Gasteiger partial charge in [0.15, 0.2) is 0 Å². The molecule has 0 aromatic carbocycles. The predicted molar refractivity (Wildman–Crippen MR) is 89.1 cm³/mol. The Kier molecular flexibility index (Phi) is 11.9. The number of carboxylic acids is 2. The molecule has 4 heteroatoms. The van der Waals surface area contributed by atoms with E-state index in [1.54, 1.807) is 0 Å². The van der Waals surface area contributed by atoms with Crippen molar-refractivity contribution >= 4 is 11.9 Å². The van der Waals surface area contributed by atoms with Crippen LogP contribution in [0.5, 0.6) is 0 Å². The molecule has 0 saturated heterocycles. The Balaban J connectivity index is 4.49. The van der Waals surface area contributed by atoms with Crippen molar-refractivity contribution in [1.29, 1.82) is 0 Å². The molecule has 4 nitrogen and oxygen atoms in total. The summed E-state index contributed by atoms with van der Waals surface area (Å²) >= 11 is 0. The fourth-order valence-corrected chi connectivity index (χ4v) is 3.04. The second-order valence-corrected chi connectivity index (χ2v) is 6.45. The zero-order chi connectivity index (χ0) is 16.8. The van der Waals surface area contributed by atoms with Gasteiger partial charge in [-0.2, -0.15) is 0 Å². The first-order chi connectivity index (χ1) is 10.5. The Labute approximate surface area is 135 Å². The van der Waals surface area contributed by atoms with Gasteiger partial charge in [-0.05, 0) is 25.7 Å². The third kappa shape index (κ3) is 9.06. The lowest BCUT2D eigenvalue weighted by Crippen LogP contribution is -2.31. The quantitative estimate of drug-likeness (QED) is 0.405. The summed E-state index contributed by atoms with van der Waals surface area (Å²) in [6.07, 6.45) is 11.0. The Hall–Kier alpha value is -1.06. The molecule has 0 atom stereocenters. The molecule has 0 aliphatic heterocycles. The highest BCUT2D eigenvalue weighted by atomic mass is 16.4. The van der Waals surface area contributed by atoms with Crippen LogP contribution in [0.1, 0.15) is 97.3 Å². The highest BCUT2D eigenvalue weighted by molar-refractivity contribution is 5.74. The second kappa shape index (κ2) is 12.5. The molecule has 0 aliphatic rings. The van der Waals surface area contributed by atoms with E-state index in [0.717, 1.165) is 64.2 Å². The van der Waals surface area contributed by atoms with Crippen molar-refractivity contribution in [2.75, 3.05) is 0 Å². The SMILES string of the molecule is CCCCCC(CCCCC)(CCCCCC(=O)O)C(=O)O. The molecule has 0 aromatic rings. The molecule has 0 amide bonds. The molecule has 0 fully saturated rings. The molecular formula is C18H34O4. The first kappa shape index (κ1) is 20.9. The van der Waals surface area contributed by atoms with Crippen LogP contribution in [0.2, 0.25) is 0 Å². The Bertz CT molecular complexity index is 302. The van der Waals surface area contributed by atoms with E-state index < -0.39 is 17.4 Å². The molecule has 0 radical (unpaired) electrons. The highest BCUT2D eigenvalue weighted by Gasteiger charge is 2.36. The van der Waals surface area contributed by atoms with Crippen LogP contribution >= 0.6 is 0 Å². The minimum absolute atomic E-state index is 0.186. The molecule has 0 aromatic heterocycles. The van der Waals surface area contributed by atoms with Crippen LogP contribution in [0.25, 0.3) is 0 Å². The summed E-state index contributed by atoms with van der Waals surface area (Å²) in [5.41, 5.74) is -0.590. The van der Waals surface area contributed by atoms with Gasteiger partial charge in [-0.25, -0.2) is 0 Å². The summed E-state index contributed by atoms with van der Waals surface area (Å²) in [4.78, 5) is 22.4. The zero-order valence-corrected chi connectivity index (χ0v) is 14.4. The maximum atomic E-state index is 11.9. The van der Waals surface area contributed by atoms with Gasteiger partial charge in [0.25, 0.3) is 0 Å². The fraction of sp³-hybridized carbons (Fsp3) is 0.889. The molecule has 0 aliphatic carbocycles. The fourth-order valence-electron chi connectivity index (χ4n) is 3.04. The van der Waals surface area contributed by atoms with Gasteiger partial charge in [-0.3, -0.25) is 9.59 Å². The highest BCUT2D eigenvalue weighted by Crippen LogP contribution is 2.37. The molecule has 0 unspecified atom stereocenters. The number of hydrogen-bond donors (Lipinski definition) is 2. The van der Waals surface area contributed by atoms with Crippen molar-refractivity contribution in [2.24, 2.45) is 5.41 Å². The summed E-state index contributed by atoms with van der Waals surface area (Å²) < 4.78 is 0. The number of carboxylic acid groups (broad SMARTS) is 2. The molecule has 0 bridgehead atoms. The topological polar surface area (TPSA) is 74.6 Å². The van der Waals surface area contributed by atoms with E-state index >= 15 is 0 Å². The van der Waals surface area contributed by atoms with Gasteiger partial charge < -0.3 is 10.2 Å². The van der Waals surface area contributed by atoms with E-state index in [1.165, 1.54) is 0 Å². The van der Waals surface area contributed by atoms with Crippen LogP contribution < -0.4 is 0 Å². The molecule has 130 valence electrons. The lowest BCUT2D eigenvalue weighted by atomic mass is 9.74. The van der Waals surface area contributed by atoms with Crippen molar-refractivity contribution in [3.8, 4) is 0 Å². The lowest BCUT2D eigenvalue weighted by Gasteiger charge is -2.30. The normalized spacial score (nSPS) is 11.5. The Morgan fingerprint density at radius 1 is 0.727 bits per heavy atom. The van der Waals surface area contributed by atoms with Crippen LogP contribution in [-0.2, 0) is 9.59 Å². The molecule has 22 heavy (non-hydrogen) atoms. The van der Waals surface area contributed by atoms with Crippen LogP contribution in [-0.4, -0.2) is 22.2 Å². The zero-order valence-electron chi connectivity index (χ0n) is 14.4. The average molecular weight is 314 g/mol.